The molecule has 1 amide bonds. The molecule has 0 radical (unpaired) electrons. The maximum Gasteiger partial charge on any atom is 0.227 e. The predicted molar refractivity (Wildman–Crippen MR) is 79.3 cm³/mol. The summed E-state index contributed by atoms with van der Waals surface area (Å²) in [5.74, 6) is -0.256. The van der Waals surface area contributed by atoms with Gasteiger partial charge in [0.2, 0.25) is 5.91 Å². The summed E-state index contributed by atoms with van der Waals surface area (Å²) >= 11 is 0. The van der Waals surface area contributed by atoms with E-state index >= 15 is 0 Å². The molecule has 0 bridgehead atoms. The molecule has 4 nitrogen and oxygen atoms in total. The van der Waals surface area contributed by atoms with Crippen LogP contribution in [0.25, 0.3) is 0 Å². The summed E-state index contributed by atoms with van der Waals surface area (Å²) in [4.78, 5) is 12.5. The molecule has 3 unspecified atom stereocenters. The van der Waals surface area contributed by atoms with Gasteiger partial charge in [-0.1, -0.05) is 26.0 Å². The summed E-state index contributed by atoms with van der Waals surface area (Å²) < 4.78 is 18.4. The number of nitrogens with one attached hydrogen (secondary N) is 2. The van der Waals surface area contributed by atoms with Crippen LogP contribution in [-0.2, 0) is 9.53 Å². The van der Waals surface area contributed by atoms with Gasteiger partial charge in [-0.15, -0.1) is 0 Å². The lowest BCUT2D eigenvalue weighted by Gasteiger charge is -2.26. The van der Waals surface area contributed by atoms with Crippen molar-refractivity contribution in [1.82, 2.24) is 10.6 Å². The van der Waals surface area contributed by atoms with Crippen LogP contribution in [0.5, 0.6) is 0 Å². The number of hydrogen-bond donors (Lipinski definition) is 2. The van der Waals surface area contributed by atoms with Crippen molar-refractivity contribution in [1.29, 1.82) is 0 Å². The summed E-state index contributed by atoms with van der Waals surface area (Å²) in [6.45, 7) is 5.06. The van der Waals surface area contributed by atoms with Gasteiger partial charge in [0, 0.05) is 6.04 Å². The molecule has 21 heavy (non-hydrogen) atoms. The van der Waals surface area contributed by atoms with Gasteiger partial charge >= 0.3 is 0 Å². The molecule has 5 heteroatoms. The van der Waals surface area contributed by atoms with Crippen LogP contribution >= 0.6 is 0 Å². The highest BCUT2D eigenvalue weighted by atomic mass is 19.1. The molecule has 0 saturated carbocycles. The van der Waals surface area contributed by atoms with E-state index in [1.807, 2.05) is 20.9 Å². The molecule has 1 aliphatic heterocycles. The Bertz CT molecular complexity index is 476. The van der Waals surface area contributed by atoms with E-state index in [1.54, 1.807) is 12.1 Å². The number of halogens is 1. The van der Waals surface area contributed by atoms with Crippen molar-refractivity contribution in [2.24, 2.45) is 11.8 Å². The minimum absolute atomic E-state index is 0.0186. The lowest BCUT2D eigenvalue weighted by molar-refractivity contribution is -0.126. The van der Waals surface area contributed by atoms with Gasteiger partial charge < -0.3 is 15.4 Å². The third kappa shape index (κ3) is 3.80. The van der Waals surface area contributed by atoms with E-state index < -0.39 is 0 Å². The van der Waals surface area contributed by atoms with E-state index in [9.17, 15) is 9.18 Å². The molecule has 3 atom stereocenters. The Labute approximate surface area is 125 Å². The van der Waals surface area contributed by atoms with Crippen LogP contribution in [-0.4, -0.2) is 32.2 Å². The zero-order chi connectivity index (χ0) is 15.4. The van der Waals surface area contributed by atoms with E-state index in [0.29, 0.717) is 13.2 Å². The van der Waals surface area contributed by atoms with Crippen molar-refractivity contribution in [3.05, 3.63) is 35.6 Å². The van der Waals surface area contributed by atoms with Gasteiger partial charge in [-0.25, -0.2) is 4.39 Å². The standard InChI is InChI=1S/C16H23FN2O2/c1-10(2)15(11-4-6-12(17)7-5-11)19-16(20)13-8-21-9-14(13)18-3/h4-7,10,13-15,18H,8-9H2,1-3H3,(H,19,20). The topological polar surface area (TPSA) is 50.4 Å². The molecule has 0 aliphatic carbocycles. The first-order valence-electron chi connectivity index (χ1n) is 7.33. The van der Waals surface area contributed by atoms with Crippen molar-refractivity contribution in [3.8, 4) is 0 Å². The maximum atomic E-state index is 13.0. The van der Waals surface area contributed by atoms with Gasteiger partial charge in [0.25, 0.3) is 0 Å². The van der Waals surface area contributed by atoms with E-state index in [1.165, 1.54) is 12.1 Å². The van der Waals surface area contributed by atoms with E-state index in [2.05, 4.69) is 10.6 Å². The molecule has 0 aromatic heterocycles. The average Bonchev–Trinajstić information content (AvgIpc) is 2.94. The Balaban J connectivity index is 2.09. The van der Waals surface area contributed by atoms with E-state index in [0.717, 1.165) is 5.56 Å². The van der Waals surface area contributed by atoms with Gasteiger partial charge in [0.05, 0.1) is 25.2 Å². The Morgan fingerprint density at radius 2 is 1.95 bits per heavy atom. The second-order valence-electron chi connectivity index (χ2n) is 5.82. The molecule has 2 rings (SSSR count). The fourth-order valence-corrected chi connectivity index (χ4v) is 2.66. The van der Waals surface area contributed by atoms with E-state index in [-0.39, 0.29) is 35.6 Å². The highest BCUT2D eigenvalue weighted by molar-refractivity contribution is 5.80. The van der Waals surface area contributed by atoms with Gasteiger partial charge in [0.15, 0.2) is 0 Å². The van der Waals surface area contributed by atoms with Crippen molar-refractivity contribution in [3.63, 3.8) is 0 Å². The second kappa shape index (κ2) is 7.00. The number of benzene rings is 1. The summed E-state index contributed by atoms with van der Waals surface area (Å²) in [6.07, 6.45) is 0. The van der Waals surface area contributed by atoms with Gasteiger partial charge in [0.1, 0.15) is 5.82 Å². The highest BCUT2D eigenvalue weighted by Gasteiger charge is 2.34. The van der Waals surface area contributed by atoms with Crippen LogP contribution in [0.4, 0.5) is 4.39 Å². The van der Waals surface area contributed by atoms with Crippen LogP contribution in [0, 0.1) is 17.7 Å². The van der Waals surface area contributed by atoms with Crippen LogP contribution in [0.2, 0.25) is 0 Å². The predicted octanol–water partition coefficient (Wildman–Crippen LogP) is 1.87. The lowest BCUT2D eigenvalue weighted by atomic mass is 9.94. The third-order valence-corrected chi connectivity index (χ3v) is 3.98. The minimum Gasteiger partial charge on any atom is -0.379 e. The second-order valence-corrected chi connectivity index (χ2v) is 5.82. The van der Waals surface area contributed by atoms with Crippen molar-refractivity contribution >= 4 is 5.91 Å². The molecule has 1 aromatic carbocycles. The highest BCUT2D eigenvalue weighted by Crippen LogP contribution is 2.23. The van der Waals surface area contributed by atoms with Crippen molar-refractivity contribution < 1.29 is 13.9 Å². The Hall–Kier alpha value is -1.46. The molecule has 1 saturated heterocycles. The average molecular weight is 294 g/mol. The fraction of sp³-hybridized carbons (Fsp3) is 0.562. The van der Waals surface area contributed by atoms with Gasteiger partial charge in [-0.05, 0) is 30.7 Å². The molecule has 1 heterocycles. The number of amides is 1. The third-order valence-electron chi connectivity index (χ3n) is 3.98. The number of rotatable bonds is 5. The molecular weight excluding hydrogens is 271 g/mol. The van der Waals surface area contributed by atoms with Crippen LogP contribution in [0.15, 0.2) is 24.3 Å². The summed E-state index contributed by atoms with van der Waals surface area (Å²) in [7, 11) is 1.83. The van der Waals surface area contributed by atoms with E-state index in [4.69, 9.17) is 4.74 Å². The van der Waals surface area contributed by atoms with Crippen molar-refractivity contribution in [2.75, 3.05) is 20.3 Å². The zero-order valence-electron chi connectivity index (χ0n) is 12.7. The number of likely N-dealkylation sites (N-methyl/N-ethyl adjacent to an activating group) is 1. The normalized spacial score (nSPS) is 23.3. The largest absolute Gasteiger partial charge is 0.379 e. The van der Waals surface area contributed by atoms with Crippen LogP contribution in [0.3, 0.4) is 0 Å². The molecule has 2 N–H and O–H groups in total. The Kier molecular flexibility index (Phi) is 5.31. The molecule has 0 spiro atoms. The van der Waals surface area contributed by atoms with Gasteiger partial charge in [-0.3, -0.25) is 4.79 Å². The summed E-state index contributed by atoms with van der Waals surface area (Å²) in [5, 5.41) is 6.19. The van der Waals surface area contributed by atoms with Crippen LogP contribution < -0.4 is 10.6 Å². The first-order valence-corrected chi connectivity index (χ1v) is 7.33. The number of ether oxygens (including phenoxy) is 1. The molecule has 1 aliphatic rings. The monoisotopic (exact) mass is 294 g/mol. The van der Waals surface area contributed by atoms with Crippen LogP contribution in [0.1, 0.15) is 25.5 Å². The number of hydrogen-bond acceptors (Lipinski definition) is 3. The molecular formula is C16H23FN2O2. The Morgan fingerprint density at radius 1 is 1.29 bits per heavy atom. The first-order chi connectivity index (χ1) is 10.0. The summed E-state index contributed by atoms with van der Waals surface area (Å²) in [5.41, 5.74) is 0.916. The zero-order valence-corrected chi connectivity index (χ0v) is 12.7. The molecule has 1 fully saturated rings. The number of carbonyl (C=O) groups excluding carboxylic acids is 1. The SMILES string of the molecule is CNC1COCC1C(=O)NC(c1ccc(F)cc1)C(C)C. The Morgan fingerprint density at radius 3 is 2.52 bits per heavy atom. The van der Waals surface area contributed by atoms with Crippen molar-refractivity contribution in [2.45, 2.75) is 25.9 Å². The molecule has 116 valence electrons. The maximum absolute atomic E-state index is 13.0. The first kappa shape index (κ1) is 15.9. The summed E-state index contributed by atoms with van der Waals surface area (Å²) in [6, 6.07) is 6.21. The quantitative estimate of drug-likeness (QED) is 0.872. The minimum atomic E-state index is -0.271. The number of carbonyl (C=O) groups is 1. The van der Waals surface area contributed by atoms with Gasteiger partial charge in [-0.2, -0.15) is 0 Å². The lowest BCUT2D eigenvalue weighted by Crippen LogP contribution is -2.44. The smallest absolute Gasteiger partial charge is 0.227 e. The fourth-order valence-electron chi connectivity index (χ4n) is 2.66. The molecule has 1 aromatic rings.